The number of hydrogen-bond donors (Lipinski definition) is 1. The number of rotatable bonds is 5. The van der Waals surface area contributed by atoms with Crippen LogP contribution in [-0.4, -0.2) is 47.9 Å². The Hall–Kier alpha value is -2.82. The molecule has 148 valence electrons. The Bertz CT molecular complexity index is 779. The van der Waals surface area contributed by atoms with Gasteiger partial charge in [0.2, 0.25) is 5.91 Å². The summed E-state index contributed by atoms with van der Waals surface area (Å²) in [7, 11) is 0. The molecule has 0 bridgehead atoms. The third kappa shape index (κ3) is 5.35. The number of amides is 3. The minimum atomic E-state index is -0.108. The second kappa shape index (κ2) is 9.40. The first kappa shape index (κ1) is 19.9. The van der Waals surface area contributed by atoms with Crippen LogP contribution in [0.2, 0.25) is 0 Å². The number of urea groups is 1. The molecule has 3 amide bonds. The molecule has 1 fully saturated rings. The van der Waals surface area contributed by atoms with E-state index < -0.39 is 0 Å². The molecule has 1 aliphatic rings. The molecule has 1 N–H and O–H groups in total. The third-order valence-electron chi connectivity index (χ3n) is 5.22. The summed E-state index contributed by atoms with van der Waals surface area (Å²) in [4.78, 5) is 28.5. The number of hydrogen-bond acceptors (Lipinski definition) is 2. The standard InChI is InChI=1S/C23H29N3O2/c1-18(2)20-11-8-19(9-12-20)10-13-22(27)25-14-16-26(17-15-25)23(28)24-21-6-4-3-5-7-21/h3-9,11-12,18H,10,13-17H2,1-2H3,(H,24,28). The number of para-hydroxylation sites is 1. The van der Waals surface area contributed by atoms with E-state index in [1.165, 1.54) is 11.1 Å². The average molecular weight is 380 g/mol. The van der Waals surface area contributed by atoms with Crippen LogP contribution in [0.4, 0.5) is 10.5 Å². The zero-order chi connectivity index (χ0) is 19.9. The summed E-state index contributed by atoms with van der Waals surface area (Å²) in [5, 5.41) is 2.90. The van der Waals surface area contributed by atoms with Crippen LogP contribution < -0.4 is 5.32 Å². The van der Waals surface area contributed by atoms with Crippen molar-refractivity contribution >= 4 is 17.6 Å². The SMILES string of the molecule is CC(C)c1ccc(CCC(=O)N2CCN(C(=O)Nc3ccccc3)CC2)cc1. The van der Waals surface area contributed by atoms with Gasteiger partial charge in [-0.05, 0) is 35.6 Å². The van der Waals surface area contributed by atoms with E-state index in [0.29, 0.717) is 38.5 Å². The van der Waals surface area contributed by atoms with E-state index in [9.17, 15) is 9.59 Å². The Kier molecular flexibility index (Phi) is 6.69. The summed E-state index contributed by atoms with van der Waals surface area (Å²) in [5.74, 6) is 0.683. The van der Waals surface area contributed by atoms with Gasteiger partial charge >= 0.3 is 6.03 Å². The van der Waals surface area contributed by atoms with E-state index >= 15 is 0 Å². The highest BCUT2D eigenvalue weighted by molar-refractivity contribution is 5.89. The van der Waals surface area contributed by atoms with Crippen LogP contribution in [-0.2, 0) is 11.2 Å². The topological polar surface area (TPSA) is 52.7 Å². The summed E-state index contributed by atoms with van der Waals surface area (Å²) < 4.78 is 0. The molecule has 0 saturated carbocycles. The van der Waals surface area contributed by atoms with Gasteiger partial charge < -0.3 is 15.1 Å². The molecule has 5 heteroatoms. The van der Waals surface area contributed by atoms with Gasteiger partial charge in [0.25, 0.3) is 0 Å². The van der Waals surface area contributed by atoms with E-state index in [4.69, 9.17) is 0 Å². The fraction of sp³-hybridized carbons (Fsp3) is 0.391. The largest absolute Gasteiger partial charge is 0.339 e. The first-order chi connectivity index (χ1) is 13.5. The summed E-state index contributed by atoms with van der Waals surface area (Å²) in [6, 6.07) is 17.9. The summed E-state index contributed by atoms with van der Waals surface area (Å²) >= 11 is 0. The van der Waals surface area contributed by atoms with Gasteiger partial charge in [-0.15, -0.1) is 0 Å². The molecular formula is C23H29N3O2. The molecule has 0 unspecified atom stereocenters. The summed E-state index contributed by atoms with van der Waals surface area (Å²) in [5.41, 5.74) is 3.30. The Morgan fingerprint density at radius 2 is 1.50 bits per heavy atom. The predicted molar refractivity (Wildman–Crippen MR) is 112 cm³/mol. The molecule has 0 spiro atoms. The van der Waals surface area contributed by atoms with Crippen LogP contribution in [0.15, 0.2) is 54.6 Å². The normalized spacial score (nSPS) is 14.2. The molecule has 5 nitrogen and oxygen atoms in total. The lowest BCUT2D eigenvalue weighted by Gasteiger charge is -2.34. The average Bonchev–Trinajstić information content (AvgIpc) is 2.73. The zero-order valence-corrected chi connectivity index (χ0v) is 16.7. The van der Waals surface area contributed by atoms with Crippen LogP contribution in [0, 0.1) is 0 Å². The van der Waals surface area contributed by atoms with E-state index in [1.807, 2.05) is 35.2 Å². The molecule has 2 aromatic rings. The van der Waals surface area contributed by atoms with Crippen molar-refractivity contribution in [3.63, 3.8) is 0 Å². The lowest BCUT2D eigenvalue weighted by atomic mass is 10.00. The minimum Gasteiger partial charge on any atom is -0.339 e. The molecule has 2 aromatic carbocycles. The van der Waals surface area contributed by atoms with Crippen molar-refractivity contribution in [2.24, 2.45) is 0 Å². The van der Waals surface area contributed by atoms with E-state index in [0.717, 1.165) is 12.1 Å². The second-order valence-corrected chi connectivity index (χ2v) is 7.56. The number of carbonyl (C=O) groups excluding carboxylic acids is 2. The highest BCUT2D eigenvalue weighted by atomic mass is 16.2. The molecule has 0 aliphatic carbocycles. The van der Waals surface area contributed by atoms with Gasteiger partial charge in [0, 0.05) is 38.3 Å². The maximum atomic E-state index is 12.5. The molecule has 0 atom stereocenters. The number of benzene rings is 2. The molecular weight excluding hydrogens is 350 g/mol. The molecule has 1 aliphatic heterocycles. The predicted octanol–water partition coefficient (Wildman–Crippen LogP) is 4.12. The molecule has 0 aromatic heterocycles. The van der Waals surface area contributed by atoms with Gasteiger partial charge in [0.15, 0.2) is 0 Å². The van der Waals surface area contributed by atoms with Gasteiger partial charge in [-0.3, -0.25) is 4.79 Å². The van der Waals surface area contributed by atoms with E-state index in [2.05, 4.69) is 43.4 Å². The van der Waals surface area contributed by atoms with Crippen LogP contribution in [0.5, 0.6) is 0 Å². The maximum absolute atomic E-state index is 12.5. The van der Waals surface area contributed by atoms with E-state index in [-0.39, 0.29) is 11.9 Å². The fourth-order valence-electron chi connectivity index (χ4n) is 3.36. The van der Waals surface area contributed by atoms with Crippen molar-refractivity contribution in [2.75, 3.05) is 31.5 Å². The van der Waals surface area contributed by atoms with Gasteiger partial charge in [0.05, 0.1) is 0 Å². The summed E-state index contributed by atoms with van der Waals surface area (Å²) in [6.07, 6.45) is 1.27. The number of anilines is 1. The third-order valence-corrected chi connectivity index (χ3v) is 5.22. The van der Waals surface area contributed by atoms with Crippen LogP contribution >= 0.6 is 0 Å². The van der Waals surface area contributed by atoms with Crippen LogP contribution in [0.25, 0.3) is 0 Å². The smallest absolute Gasteiger partial charge is 0.321 e. The highest BCUT2D eigenvalue weighted by Gasteiger charge is 2.23. The maximum Gasteiger partial charge on any atom is 0.321 e. The number of piperazine rings is 1. The van der Waals surface area contributed by atoms with Crippen LogP contribution in [0.3, 0.4) is 0 Å². The second-order valence-electron chi connectivity index (χ2n) is 7.56. The lowest BCUT2D eigenvalue weighted by Crippen LogP contribution is -2.51. The van der Waals surface area contributed by atoms with Crippen molar-refractivity contribution < 1.29 is 9.59 Å². The Labute approximate surface area is 167 Å². The molecule has 1 heterocycles. The lowest BCUT2D eigenvalue weighted by molar-refractivity contribution is -0.132. The Morgan fingerprint density at radius 1 is 0.893 bits per heavy atom. The van der Waals surface area contributed by atoms with Crippen molar-refractivity contribution in [1.82, 2.24) is 9.80 Å². The van der Waals surface area contributed by atoms with Crippen LogP contribution in [0.1, 0.15) is 37.3 Å². The monoisotopic (exact) mass is 379 g/mol. The van der Waals surface area contributed by atoms with Gasteiger partial charge in [-0.25, -0.2) is 4.79 Å². The minimum absolute atomic E-state index is 0.108. The highest BCUT2D eigenvalue weighted by Crippen LogP contribution is 2.16. The zero-order valence-electron chi connectivity index (χ0n) is 16.7. The fourth-order valence-corrected chi connectivity index (χ4v) is 3.36. The Morgan fingerprint density at radius 3 is 2.11 bits per heavy atom. The van der Waals surface area contributed by atoms with Crippen molar-refractivity contribution in [1.29, 1.82) is 0 Å². The number of nitrogens with one attached hydrogen (secondary N) is 1. The van der Waals surface area contributed by atoms with Crippen molar-refractivity contribution in [3.05, 3.63) is 65.7 Å². The number of aryl methyl sites for hydroxylation is 1. The molecule has 3 rings (SSSR count). The van der Waals surface area contributed by atoms with Crippen molar-refractivity contribution in [2.45, 2.75) is 32.6 Å². The molecule has 28 heavy (non-hydrogen) atoms. The van der Waals surface area contributed by atoms with Gasteiger partial charge in [-0.2, -0.15) is 0 Å². The first-order valence-corrected chi connectivity index (χ1v) is 10.0. The molecule has 1 saturated heterocycles. The quantitative estimate of drug-likeness (QED) is 0.850. The van der Waals surface area contributed by atoms with Gasteiger partial charge in [0.1, 0.15) is 0 Å². The van der Waals surface area contributed by atoms with Crippen molar-refractivity contribution in [3.8, 4) is 0 Å². The number of carbonyl (C=O) groups is 2. The summed E-state index contributed by atoms with van der Waals surface area (Å²) in [6.45, 7) is 6.66. The Balaban J connectivity index is 1.42. The van der Waals surface area contributed by atoms with Gasteiger partial charge in [-0.1, -0.05) is 56.3 Å². The molecule has 0 radical (unpaired) electrons. The number of nitrogens with zero attached hydrogens (tertiary/aromatic N) is 2. The first-order valence-electron chi connectivity index (χ1n) is 10.0. The van der Waals surface area contributed by atoms with E-state index in [1.54, 1.807) is 4.90 Å².